The second-order valence-electron chi connectivity index (χ2n) is 6.72. The third-order valence-corrected chi connectivity index (χ3v) is 5.68. The summed E-state index contributed by atoms with van der Waals surface area (Å²) in [7, 11) is 0. The first-order chi connectivity index (χ1) is 11.6. The fourth-order valence-electron chi connectivity index (χ4n) is 3.27. The van der Waals surface area contributed by atoms with Gasteiger partial charge in [-0.2, -0.15) is 24.4 Å². The van der Waals surface area contributed by atoms with E-state index in [-0.39, 0.29) is 12.2 Å². The van der Waals surface area contributed by atoms with Crippen LogP contribution in [0.25, 0.3) is 0 Å². The van der Waals surface area contributed by atoms with E-state index in [0.29, 0.717) is 11.8 Å². The number of rotatable bonds is 8. The summed E-state index contributed by atoms with van der Waals surface area (Å²) in [5.74, 6) is 3.00. The maximum absolute atomic E-state index is 10.4. The van der Waals surface area contributed by atoms with Gasteiger partial charge in [-0.25, -0.2) is 0 Å². The molecule has 0 radical (unpaired) electrons. The molecule has 0 saturated heterocycles. The van der Waals surface area contributed by atoms with Crippen LogP contribution in [0.15, 0.2) is 12.1 Å². The molecule has 0 amide bonds. The predicted octanol–water partition coefficient (Wildman–Crippen LogP) is 2.32. The van der Waals surface area contributed by atoms with E-state index in [1.807, 2.05) is 11.8 Å². The Bertz CT molecular complexity index is 534. The van der Waals surface area contributed by atoms with Gasteiger partial charge in [-0.1, -0.05) is 0 Å². The van der Waals surface area contributed by atoms with Gasteiger partial charge in [0.15, 0.2) is 0 Å². The van der Waals surface area contributed by atoms with Gasteiger partial charge in [0.1, 0.15) is 29.8 Å². The lowest BCUT2D eigenvalue weighted by molar-refractivity contribution is 0.0501. The molecule has 1 aromatic rings. The van der Waals surface area contributed by atoms with Gasteiger partial charge in [-0.05, 0) is 37.5 Å². The zero-order chi connectivity index (χ0) is 17.1. The molecular weight excluding hydrogens is 342 g/mol. The smallest absolute Gasteiger partial charge is 0.130 e. The Balaban J connectivity index is 1.47. The summed E-state index contributed by atoms with van der Waals surface area (Å²) in [6, 6.07) is 4.17. The molecule has 2 N–H and O–H groups in total. The molecule has 0 aromatic heterocycles. The summed E-state index contributed by atoms with van der Waals surface area (Å²) in [6.07, 6.45) is 4.38. The Morgan fingerprint density at radius 3 is 2.71 bits per heavy atom. The molecule has 6 heteroatoms. The van der Waals surface area contributed by atoms with Crippen LogP contribution in [-0.2, 0) is 12.8 Å². The van der Waals surface area contributed by atoms with Crippen LogP contribution in [0.4, 0.5) is 0 Å². The van der Waals surface area contributed by atoms with Gasteiger partial charge < -0.3 is 19.9 Å². The van der Waals surface area contributed by atoms with E-state index in [0.717, 1.165) is 48.6 Å². The molecule has 4 nitrogen and oxygen atoms in total. The van der Waals surface area contributed by atoms with Gasteiger partial charge in [-0.3, -0.25) is 0 Å². The minimum atomic E-state index is -0.520. The number of aliphatic hydroxyl groups excluding tert-OH is 1. The third kappa shape index (κ3) is 4.34. The van der Waals surface area contributed by atoms with Crippen LogP contribution in [-0.4, -0.2) is 53.8 Å². The van der Waals surface area contributed by atoms with E-state index in [1.54, 1.807) is 0 Å². The van der Waals surface area contributed by atoms with Crippen molar-refractivity contribution in [3.63, 3.8) is 0 Å². The van der Waals surface area contributed by atoms with Crippen LogP contribution < -0.4 is 14.8 Å². The maximum Gasteiger partial charge on any atom is 0.130 e. The molecule has 4 unspecified atom stereocenters. The minimum Gasteiger partial charge on any atom is -0.490 e. The summed E-state index contributed by atoms with van der Waals surface area (Å²) in [5.41, 5.74) is 2.35. The molecule has 0 saturated carbocycles. The van der Waals surface area contributed by atoms with Gasteiger partial charge in [0.25, 0.3) is 0 Å². The SMILES string of the molecule is CSCCC(S)CNCC(O)C1Cc2cc3c(cc2O1)CC(C)O3. The molecule has 0 fully saturated rings. The highest BCUT2D eigenvalue weighted by Crippen LogP contribution is 2.39. The first kappa shape index (κ1) is 18.2. The molecular formula is C18H27NO3S2. The highest BCUT2D eigenvalue weighted by atomic mass is 32.2. The quantitative estimate of drug-likeness (QED) is 0.614. The van der Waals surface area contributed by atoms with Crippen molar-refractivity contribution in [1.82, 2.24) is 5.32 Å². The van der Waals surface area contributed by atoms with E-state index in [9.17, 15) is 5.11 Å². The summed E-state index contributed by atoms with van der Waals surface area (Å²) in [6.45, 7) is 3.42. The molecule has 2 heterocycles. The average molecular weight is 370 g/mol. The van der Waals surface area contributed by atoms with E-state index >= 15 is 0 Å². The lowest BCUT2D eigenvalue weighted by Crippen LogP contribution is -2.40. The molecule has 134 valence electrons. The number of hydrogen-bond acceptors (Lipinski definition) is 6. The van der Waals surface area contributed by atoms with Crippen LogP contribution in [0, 0.1) is 0 Å². The number of aliphatic hydroxyl groups is 1. The lowest BCUT2D eigenvalue weighted by Gasteiger charge is -2.19. The van der Waals surface area contributed by atoms with Crippen molar-refractivity contribution in [3.05, 3.63) is 23.3 Å². The largest absolute Gasteiger partial charge is 0.490 e. The number of hydrogen-bond donors (Lipinski definition) is 3. The number of nitrogens with one attached hydrogen (secondary N) is 1. The van der Waals surface area contributed by atoms with Gasteiger partial charge in [-0.15, -0.1) is 0 Å². The summed E-state index contributed by atoms with van der Waals surface area (Å²) in [4.78, 5) is 0. The monoisotopic (exact) mass is 369 g/mol. The van der Waals surface area contributed by atoms with Crippen LogP contribution in [0.1, 0.15) is 24.5 Å². The third-order valence-electron chi connectivity index (χ3n) is 4.60. The number of fused-ring (bicyclic) bond motifs is 2. The number of thiol groups is 1. The van der Waals surface area contributed by atoms with E-state index in [2.05, 4.69) is 43.3 Å². The van der Waals surface area contributed by atoms with Gasteiger partial charge in [0.05, 0.1) is 0 Å². The highest BCUT2D eigenvalue weighted by molar-refractivity contribution is 7.98. The molecule has 24 heavy (non-hydrogen) atoms. The van der Waals surface area contributed by atoms with E-state index in [1.165, 1.54) is 5.56 Å². The fourth-order valence-corrected chi connectivity index (χ4v) is 4.23. The van der Waals surface area contributed by atoms with Gasteiger partial charge >= 0.3 is 0 Å². The molecule has 0 aliphatic carbocycles. The maximum atomic E-state index is 10.4. The summed E-state index contributed by atoms with van der Waals surface area (Å²) < 4.78 is 11.8. The predicted molar refractivity (Wildman–Crippen MR) is 103 cm³/mol. The van der Waals surface area contributed by atoms with Crippen LogP contribution >= 0.6 is 24.4 Å². The summed E-state index contributed by atoms with van der Waals surface area (Å²) >= 11 is 6.40. The Morgan fingerprint density at radius 1 is 1.25 bits per heavy atom. The Labute approximate surface area is 154 Å². The van der Waals surface area contributed by atoms with Crippen LogP contribution in [0.5, 0.6) is 11.5 Å². The number of thioether (sulfide) groups is 1. The first-order valence-corrected chi connectivity index (χ1v) is 10.5. The van der Waals surface area contributed by atoms with Crippen molar-refractivity contribution < 1.29 is 14.6 Å². The van der Waals surface area contributed by atoms with Crippen molar-refractivity contribution in [1.29, 1.82) is 0 Å². The van der Waals surface area contributed by atoms with Gasteiger partial charge in [0, 0.05) is 42.3 Å². The molecule has 2 aliphatic heterocycles. The van der Waals surface area contributed by atoms with Crippen molar-refractivity contribution in [2.75, 3.05) is 25.1 Å². The molecule has 2 aliphatic rings. The number of ether oxygens (including phenoxy) is 2. The van der Waals surface area contributed by atoms with Crippen molar-refractivity contribution >= 4 is 24.4 Å². The van der Waals surface area contributed by atoms with E-state index in [4.69, 9.17) is 9.47 Å². The topological polar surface area (TPSA) is 50.7 Å². The normalized spacial score (nSPS) is 24.0. The van der Waals surface area contributed by atoms with E-state index < -0.39 is 6.10 Å². The zero-order valence-electron chi connectivity index (χ0n) is 14.3. The Hall–Kier alpha value is -0.560. The lowest BCUT2D eigenvalue weighted by atomic mass is 10.0. The molecule has 0 spiro atoms. The van der Waals surface area contributed by atoms with Crippen molar-refractivity contribution in [2.45, 2.75) is 49.7 Å². The van der Waals surface area contributed by atoms with Crippen molar-refractivity contribution in [3.8, 4) is 11.5 Å². The second kappa shape index (κ2) is 8.21. The Kier molecular flexibility index (Phi) is 6.24. The van der Waals surface area contributed by atoms with Crippen LogP contribution in [0.2, 0.25) is 0 Å². The molecule has 4 atom stereocenters. The average Bonchev–Trinajstić information content (AvgIpc) is 3.11. The fraction of sp³-hybridized carbons (Fsp3) is 0.667. The molecule has 1 aromatic carbocycles. The first-order valence-electron chi connectivity index (χ1n) is 8.61. The number of benzene rings is 1. The second-order valence-corrected chi connectivity index (χ2v) is 8.44. The highest BCUT2D eigenvalue weighted by Gasteiger charge is 2.32. The molecule has 0 bridgehead atoms. The zero-order valence-corrected chi connectivity index (χ0v) is 16.0. The van der Waals surface area contributed by atoms with Gasteiger partial charge in [0.2, 0.25) is 0 Å². The molecule has 3 rings (SSSR count). The standard InChI is InChI=1S/C18H27NO3S2/c1-11-5-12-6-17-13(7-16(12)21-11)8-18(22-17)15(20)10-19-9-14(23)3-4-24-2/h6-7,11,14-15,18-20,23H,3-5,8-10H2,1-2H3. The Morgan fingerprint density at radius 2 is 1.96 bits per heavy atom. The van der Waals surface area contributed by atoms with Crippen molar-refractivity contribution in [2.24, 2.45) is 0 Å². The minimum absolute atomic E-state index is 0.183. The summed E-state index contributed by atoms with van der Waals surface area (Å²) in [5, 5.41) is 14.0. The van der Waals surface area contributed by atoms with Crippen LogP contribution in [0.3, 0.4) is 0 Å².